The van der Waals surface area contributed by atoms with Gasteiger partial charge in [-0.25, -0.2) is 9.37 Å². The molecule has 20 heavy (non-hydrogen) atoms. The summed E-state index contributed by atoms with van der Waals surface area (Å²) in [5, 5.41) is 9.55. The first-order valence-corrected chi connectivity index (χ1v) is 5.89. The summed E-state index contributed by atoms with van der Waals surface area (Å²) in [5.74, 6) is -0.425. The molecule has 1 heterocycles. The predicted octanol–water partition coefficient (Wildman–Crippen LogP) is 3.05. The predicted molar refractivity (Wildman–Crippen MR) is 64.8 cm³/mol. The fourth-order valence-electron chi connectivity index (χ4n) is 1.75. The van der Waals surface area contributed by atoms with Crippen molar-refractivity contribution in [3.63, 3.8) is 0 Å². The van der Waals surface area contributed by atoms with E-state index in [-0.39, 0.29) is 18.2 Å². The first-order valence-electron chi connectivity index (χ1n) is 5.89. The van der Waals surface area contributed by atoms with Crippen molar-refractivity contribution in [1.82, 2.24) is 9.55 Å². The molecule has 2 aromatic rings. The largest absolute Gasteiger partial charge is 0.485 e. The van der Waals surface area contributed by atoms with E-state index in [1.165, 1.54) is 25.3 Å². The number of alkyl halides is 2. The highest BCUT2D eigenvalue weighted by molar-refractivity contribution is 5.35. The Labute approximate surface area is 113 Å². The standard InChI is InChI=1S/C13H13F3N2O2/c1-8(19)10-3-2-9(14)6-11(10)20-7-12-17-4-5-18(12)13(15)16/h2-6,8,13,19H,7H2,1H3/t8-/m0/s1. The van der Waals surface area contributed by atoms with Gasteiger partial charge in [0.05, 0.1) is 6.10 Å². The van der Waals surface area contributed by atoms with Gasteiger partial charge in [-0.3, -0.25) is 4.57 Å². The van der Waals surface area contributed by atoms with E-state index in [9.17, 15) is 18.3 Å². The van der Waals surface area contributed by atoms with Crippen LogP contribution >= 0.6 is 0 Å². The van der Waals surface area contributed by atoms with Crippen LogP contribution in [0.15, 0.2) is 30.6 Å². The Hall–Kier alpha value is -2.02. The molecule has 0 bridgehead atoms. The van der Waals surface area contributed by atoms with Gasteiger partial charge in [0, 0.05) is 24.0 Å². The molecular formula is C13H13F3N2O2. The minimum atomic E-state index is -2.72. The smallest absolute Gasteiger partial charge is 0.320 e. The lowest BCUT2D eigenvalue weighted by atomic mass is 10.1. The summed E-state index contributed by atoms with van der Waals surface area (Å²) < 4.78 is 44.4. The number of nitrogens with zero attached hydrogens (tertiary/aromatic N) is 2. The van der Waals surface area contributed by atoms with Gasteiger partial charge < -0.3 is 9.84 Å². The number of hydrogen-bond acceptors (Lipinski definition) is 3. The molecule has 1 aromatic carbocycles. The maximum absolute atomic E-state index is 13.2. The lowest BCUT2D eigenvalue weighted by Gasteiger charge is -2.14. The molecular weight excluding hydrogens is 273 g/mol. The van der Waals surface area contributed by atoms with Crippen LogP contribution in [0.3, 0.4) is 0 Å². The lowest BCUT2D eigenvalue weighted by molar-refractivity contribution is 0.0630. The molecule has 0 aliphatic rings. The summed E-state index contributed by atoms with van der Waals surface area (Å²) in [5.41, 5.74) is 0.376. The maximum Gasteiger partial charge on any atom is 0.320 e. The Balaban J connectivity index is 2.18. The summed E-state index contributed by atoms with van der Waals surface area (Å²) in [4.78, 5) is 3.75. The molecule has 1 aromatic heterocycles. The van der Waals surface area contributed by atoms with Crippen molar-refractivity contribution >= 4 is 0 Å². The van der Waals surface area contributed by atoms with E-state index in [1.807, 2.05) is 0 Å². The van der Waals surface area contributed by atoms with Crippen LogP contribution in [0.5, 0.6) is 5.75 Å². The Morgan fingerprint density at radius 3 is 2.80 bits per heavy atom. The van der Waals surface area contributed by atoms with Gasteiger partial charge in [-0.05, 0) is 19.1 Å². The highest BCUT2D eigenvalue weighted by atomic mass is 19.3. The highest BCUT2D eigenvalue weighted by Gasteiger charge is 2.14. The van der Waals surface area contributed by atoms with Gasteiger partial charge in [0.25, 0.3) is 0 Å². The first-order chi connectivity index (χ1) is 9.49. The van der Waals surface area contributed by atoms with Crippen molar-refractivity contribution < 1.29 is 23.0 Å². The fourth-order valence-corrected chi connectivity index (χ4v) is 1.75. The highest BCUT2D eigenvalue weighted by Crippen LogP contribution is 2.27. The second kappa shape index (κ2) is 5.96. The normalized spacial score (nSPS) is 12.7. The van der Waals surface area contributed by atoms with E-state index in [2.05, 4.69) is 4.98 Å². The summed E-state index contributed by atoms with van der Waals surface area (Å²) in [7, 11) is 0. The zero-order valence-electron chi connectivity index (χ0n) is 10.6. The van der Waals surface area contributed by atoms with Crippen molar-refractivity contribution in [2.24, 2.45) is 0 Å². The Kier molecular flexibility index (Phi) is 4.29. The number of rotatable bonds is 5. The molecule has 1 N–H and O–H groups in total. The summed E-state index contributed by atoms with van der Waals surface area (Å²) in [6.07, 6.45) is 1.50. The average Bonchev–Trinajstić information content (AvgIpc) is 2.84. The second-order valence-electron chi connectivity index (χ2n) is 4.18. The van der Waals surface area contributed by atoms with Crippen molar-refractivity contribution in [1.29, 1.82) is 0 Å². The quantitative estimate of drug-likeness (QED) is 0.919. The van der Waals surface area contributed by atoms with Crippen molar-refractivity contribution in [2.75, 3.05) is 0 Å². The third-order valence-corrected chi connectivity index (χ3v) is 2.74. The summed E-state index contributed by atoms with van der Waals surface area (Å²) in [6.45, 7) is -1.47. The van der Waals surface area contributed by atoms with E-state index >= 15 is 0 Å². The van der Waals surface area contributed by atoms with Crippen LogP contribution in [0.1, 0.15) is 31.0 Å². The number of benzene rings is 1. The zero-order valence-corrected chi connectivity index (χ0v) is 10.6. The molecule has 0 spiro atoms. The number of ether oxygens (including phenoxy) is 1. The van der Waals surface area contributed by atoms with Gasteiger partial charge in [0.15, 0.2) is 5.82 Å². The van der Waals surface area contributed by atoms with E-state index in [4.69, 9.17) is 4.74 Å². The van der Waals surface area contributed by atoms with Crippen LogP contribution in [0.25, 0.3) is 0 Å². The molecule has 1 atom stereocenters. The molecule has 4 nitrogen and oxygen atoms in total. The van der Waals surface area contributed by atoms with Crippen LogP contribution in [0, 0.1) is 5.82 Å². The number of aromatic nitrogens is 2. The van der Waals surface area contributed by atoms with Gasteiger partial charge in [-0.15, -0.1) is 0 Å². The number of hydrogen-bond donors (Lipinski definition) is 1. The summed E-state index contributed by atoms with van der Waals surface area (Å²) >= 11 is 0. The number of aliphatic hydroxyl groups excluding tert-OH is 1. The molecule has 7 heteroatoms. The molecule has 108 valence electrons. The van der Waals surface area contributed by atoms with Crippen LogP contribution in [-0.4, -0.2) is 14.7 Å². The zero-order chi connectivity index (χ0) is 14.7. The first kappa shape index (κ1) is 14.4. The van der Waals surface area contributed by atoms with Crippen LogP contribution in [0.2, 0.25) is 0 Å². The lowest BCUT2D eigenvalue weighted by Crippen LogP contribution is -2.08. The monoisotopic (exact) mass is 286 g/mol. The topological polar surface area (TPSA) is 47.3 Å². The number of imidazole rings is 1. The number of halogens is 3. The molecule has 0 amide bonds. The molecule has 0 aliphatic heterocycles. The Morgan fingerprint density at radius 2 is 2.15 bits per heavy atom. The second-order valence-corrected chi connectivity index (χ2v) is 4.18. The van der Waals surface area contributed by atoms with Gasteiger partial charge >= 0.3 is 6.55 Å². The maximum atomic E-state index is 13.2. The molecule has 0 fully saturated rings. The Bertz CT molecular complexity index is 585. The van der Waals surface area contributed by atoms with E-state index in [0.717, 1.165) is 12.3 Å². The van der Waals surface area contributed by atoms with Crippen LogP contribution in [0.4, 0.5) is 13.2 Å². The third-order valence-electron chi connectivity index (χ3n) is 2.74. The van der Waals surface area contributed by atoms with E-state index in [0.29, 0.717) is 10.1 Å². The van der Waals surface area contributed by atoms with E-state index < -0.39 is 18.5 Å². The third kappa shape index (κ3) is 3.11. The van der Waals surface area contributed by atoms with E-state index in [1.54, 1.807) is 0 Å². The minimum Gasteiger partial charge on any atom is -0.485 e. The molecule has 0 unspecified atom stereocenters. The summed E-state index contributed by atoms with van der Waals surface area (Å²) in [6, 6.07) is 3.67. The molecule has 2 rings (SSSR count). The molecule has 0 saturated heterocycles. The fraction of sp³-hybridized carbons (Fsp3) is 0.308. The molecule has 0 radical (unpaired) electrons. The van der Waals surface area contributed by atoms with Crippen LogP contribution < -0.4 is 4.74 Å². The van der Waals surface area contributed by atoms with Gasteiger partial charge in [-0.1, -0.05) is 0 Å². The van der Waals surface area contributed by atoms with Crippen LogP contribution in [-0.2, 0) is 6.61 Å². The SMILES string of the molecule is C[C@H](O)c1ccc(F)cc1OCc1nccn1C(F)F. The van der Waals surface area contributed by atoms with Gasteiger partial charge in [0.2, 0.25) is 0 Å². The number of aliphatic hydroxyl groups is 1. The van der Waals surface area contributed by atoms with Gasteiger partial charge in [-0.2, -0.15) is 8.78 Å². The average molecular weight is 286 g/mol. The Morgan fingerprint density at radius 1 is 1.40 bits per heavy atom. The molecule has 0 saturated carbocycles. The molecule has 0 aliphatic carbocycles. The minimum absolute atomic E-state index is 0.0146. The van der Waals surface area contributed by atoms with Crippen molar-refractivity contribution in [3.05, 3.63) is 47.8 Å². The van der Waals surface area contributed by atoms with Gasteiger partial charge in [0.1, 0.15) is 18.2 Å². The van der Waals surface area contributed by atoms with Crippen molar-refractivity contribution in [2.45, 2.75) is 26.2 Å². The van der Waals surface area contributed by atoms with Crippen molar-refractivity contribution in [3.8, 4) is 5.75 Å².